The van der Waals surface area contributed by atoms with Gasteiger partial charge in [-0.05, 0) is 12.1 Å². The fourth-order valence-electron chi connectivity index (χ4n) is 11.6. The molecule has 7 aromatic rings. The van der Waals surface area contributed by atoms with Crippen LogP contribution in [0.15, 0.2) is 79.7 Å². The second-order valence-corrected chi connectivity index (χ2v) is 30.2. The maximum Gasteiger partial charge on any atom is 0.472 e. The summed E-state index contributed by atoms with van der Waals surface area (Å²) >= 11 is 0. The Morgan fingerprint density at radius 3 is 1.24 bits per heavy atom. The van der Waals surface area contributed by atoms with Gasteiger partial charge >= 0.3 is 56.2 Å². The molecule has 5 fully saturated rings. The van der Waals surface area contributed by atoms with Gasteiger partial charge in [0, 0.05) is 24.7 Å². The van der Waals surface area contributed by atoms with Gasteiger partial charge in [0.15, 0.2) is 53.8 Å². The molecule has 24 atom stereocenters. The van der Waals surface area contributed by atoms with Gasteiger partial charge in [-0.15, -0.1) is 0 Å². The molecule has 5 saturated heterocycles. The van der Waals surface area contributed by atoms with Gasteiger partial charge < -0.3 is 107 Å². The van der Waals surface area contributed by atoms with Crippen LogP contribution >= 0.6 is 39.1 Å². The molecule has 22 N–H and O–H groups in total. The zero-order valence-corrected chi connectivity index (χ0v) is 57.3. The third kappa shape index (κ3) is 16.8. The summed E-state index contributed by atoms with van der Waals surface area (Å²) in [5.74, 6) is -1.22. The van der Waals surface area contributed by atoms with Crippen molar-refractivity contribution >= 4 is 84.8 Å². The number of aromatic amines is 2. The summed E-state index contributed by atoms with van der Waals surface area (Å²) in [5.41, 5.74) is 16.6. The third-order valence-corrected chi connectivity index (χ3v) is 20.8. The van der Waals surface area contributed by atoms with Crippen molar-refractivity contribution in [2.75, 3.05) is 56.0 Å². The molecule has 0 radical (unpaired) electrons. The second-order valence-electron chi connectivity index (χ2n) is 23.4. The van der Waals surface area contributed by atoms with E-state index in [0.29, 0.717) is 13.7 Å². The summed E-state index contributed by atoms with van der Waals surface area (Å²) in [6.45, 7) is -6.50. The van der Waals surface area contributed by atoms with Crippen molar-refractivity contribution in [2.45, 2.75) is 123 Å². The lowest BCUT2D eigenvalue weighted by molar-refractivity contribution is -0.0656. The minimum atomic E-state index is -5.96. The molecule has 0 aliphatic carbocycles. The number of hydrogen-bond donors (Lipinski definition) is 18. The summed E-state index contributed by atoms with van der Waals surface area (Å²) in [6.07, 6.45) is -35.7. The van der Waals surface area contributed by atoms with Gasteiger partial charge in [0.1, 0.15) is 115 Å². The van der Waals surface area contributed by atoms with Crippen molar-refractivity contribution in [3.05, 3.63) is 108 Å². The number of phosphoric acid groups is 5. The Hall–Kier alpha value is -7.35. The van der Waals surface area contributed by atoms with Crippen LogP contribution in [0.4, 0.5) is 23.4 Å². The smallest absolute Gasteiger partial charge is 0.387 e. The lowest BCUT2D eigenvalue weighted by atomic mass is 10.1. The Morgan fingerprint density at radius 2 is 0.802 bits per heavy atom. The van der Waals surface area contributed by atoms with Crippen LogP contribution in [0.5, 0.6) is 0 Å². The maximum absolute atomic E-state index is 14.2. The van der Waals surface area contributed by atoms with Crippen LogP contribution in [0.25, 0.3) is 22.3 Å². The molecule has 0 spiro atoms. The first-order chi connectivity index (χ1) is 49.7. The Bertz CT molecular complexity index is 5000. The number of fused-ring (bicyclic) bond motifs is 2. The van der Waals surface area contributed by atoms with E-state index in [4.69, 9.17) is 82.8 Å². The van der Waals surface area contributed by atoms with Gasteiger partial charge in [0.25, 0.3) is 11.1 Å². The van der Waals surface area contributed by atoms with Crippen LogP contribution < -0.4 is 51.1 Å². The van der Waals surface area contributed by atoms with E-state index in [1.54, 1.807) is 0 Å². The van der Waals surface area contributed by atoms with E-state index in [1.807, 2.05) is 4.98 Å². The molecule has 580 valence electrons. The third-order valence-electron chi connectivity index (χ3n) is 16.4. The molecule has 54 nitrogen and oxygen atoms in total. The molecule has 5 aliphatic rings. The topological polar surface area (TPSA) is 793 Å². The number of phosphoric ester groups is 5. The highest BCUT2D eigenvalue weighted by Gasteiger charge is 2.57. The van der Waals surface area contributed by atoms with E-state index in [0.717, 1.165) is 60.3 Å². The Kier molecular flexibility index (Phi) is 22.3. The van der Waals surface area contributed by atoms with E-state index >= 15 is 0 Å². The molecule has 106 heavy (non-hydrogen) atoms. The van der Waals surface area contributed by atoms with Gasteiger partial charge in [0.05, 0.1) is 45.7 Å². The maximum atomic E-state index is 14.2. The first-order valence-electron chi connectivity index (χ1n) is 30.1. The fraction of sp³-hybridized carbons (Fsp3) is 0.532. The van der Waals surface area contributed by atoms with Crippen molar-refractivity contribution in [1.29, 1.82) is 0 Å². The number of aliphatic hydroxyl groups excluding tert-OH is 6. The molecule has 12 rings (SSSR count). The molecule has 4 unspecified atom stereocenters. The highest BCUT2D eigenvalue weighted by Crippen LogP contribution is 2.56. The standard InChI is InChI=1S/C47H61N18O36P5/c48-20-1-4-61(45(74)56-20)40-27(69)31(16(94-40)8-88-102(77,78)79)98-104(82,83)90-10-18-33(29(71)42(96-18)63-6-3-22(66)58-47(63)76)100-105(84,85)91-9-17-32(28(70)41(95-17)62-5-2-21(49)57-46(62)75)99-106(86,87)92-11-19-34(30(72)43(97-19)65-14-55-24-37(65)59-44(51)60-38(24)73)101-103(80,81)89-7-15-25(67)26(68)39(93-15)64-13-54-23-35(50)52-12-53-36(23)64/h1-6,12-19,25-34,39-43,67-72H,7-11H2,(H,80,81)(H,82,83)(H,84,85)(H,86,87)(H2,48,56,74)(H2,49,57,75)(H2,50,52,53)(H,58,66,76)(H2,77,78,79)(H3,51,59,60,73)/t15-,16-,17-,18-,19-,25-,26-,27-,28-,29-,30-,31-,32-,33-,34-,39-,40-,41-,42-,43-/m1/s1. The van der Waals surface area contributed by atoms with Crippen LogP contribution in [0.2, 0.25) is 0 Å². The number of hydrogen-bond acceptors (Lipinski definition) is 41. The van der Waals surface area contributed by atoms with E-state index in [-0.39, 0.29) is 34.3 Å². The van der Waals surface area contributed by atoms with Crippen LogP contribution in [0.3, 0.4) is 0 Å². The molecular formula is C47H61N18O36P5. The zero-order valence-electron chi connectivity index (χ0n) is 52.9. The first-order valence-corrected chi connectivity index (χ1v) is 37.6. The predicted molar refractivity (Wildman–Crippen MR) is 336 cm³/mol. The average molecular weight is 1610 g/mol. The first kappa shape index (κ1) is 78.2. The molecule has 12 heterocycles. The van der Waals surface area contributed by atoms with Gasteiger partial charge in [-0.25, -0.2) is 57.1 Å². The van der Waals surface area contributed by atoms with Crippen LogP contribution in [0.1, 0.15) is 31.1 Å². The predicted octanol–water partition coefficient (Wildman–Crippen LogP) is -7.88. The van der Waals surface area contributed by atoms with E-state index in [1.165, 1.54) is 4.57 Å². The number of rotatable bonds is 28. The number of nitrogens with zero attached hydrogens (tertiary/aromatic N) is 12. The number of anilines is 4. The second kappa shape index (κ2) is 30.3. The summed E-state index contributed by atoms with van der Waals surface area (Å²) in [6, 6.07) is 2.83. The molecule has 0 amide bonds. The van der Waals surface area contributed by atoms with Crippen LogP contribution in [0, 0.1) is 0 Å². The van der Waals surface area contributed by atoms with Crippen molar-refractivity contribution in [3.8, 4) is 0 Å². The van der Waals surface area contributed by atoms with Crippen LogP contribution in [-0.4, -0.2) is 252 Å². The molecule has 5 aliphatic heterocycles. The van der Waals surface area contributed by atoms with Gasteiger partial charge in [0.2, 0.25) is 5.95 Å². The van der Waals surface area contributed by atoms with E-state index in [9.17, 15) is 107 Å². The zero-order chi connectivity index (χ0) is 76.6. The lowest BCUT2D eigenvalue weighted by Gasteiger charge is -2.27. The summed E-state index contributed by atoms with van der Waals surface area (Å²) in [4.78, 5) is 159. The number of ether oxygens (including phenoxy) is 5. The Morgan fingerprint density at radius 1 is 0.425 bits per heavy atom. The van der Waals surface area contributed by atoms with Crippen LogP contribution in [-0.2, 0) is 87.2 Å². The highest BCUT2D eigenvalue weighted by atomic mass is 31.2. The number of nitrogens with two attached hydrogens (primary N) is 4. The number of nitrogens with one attached hydrogen (secondary N) is 2. The molecular weight excluding hydrogens is 1550 g/mol. The number of nitrogen functional groups attached to an aromatic ring is 4. The minimum absolute atomic E-state index is 0.0460. The number of aliphatic hydroxyl groups is 6. The van der Waals surface area contributed by atoms with Crippen molar-refractivity contribution in [1.82, 2.24) is 67.7 Å². The van der Waals surface area contributed by atoms with E-state index in [2.05, 4.69) is 44.4 Å². The van der Waals surface area contributed by atoms with Crippen molar-refractivity contribution in [3.63, 3.8) is 0 Å². The monoisotopic (exact) mass is 1610 g/mol. The molecule has 7 aromatic heterocycles. The van der Waals surface area contributed by atoms with Gasteiger partial charge in [-0.2, -0.15) is 15.0 Å². The van der Waals surface area contributed by atoms with E-state index < -0.39 is 234 Å². The lowest BCUT2D eigenvalue weighted by Crippen LogP contribution is -2.39. The minimum Gasteiger partial charge on any atom is -0.387 e. The fourth-order valence-corrected chi connectivity index (χ4v) is 15.8. The number of imidazole rings is 2. The summed E-state index contributed by atoms with van der Waals surface area (Å²) in [5, 5.41) is 68.5. The molecule has 0 aromatic carbocycles. The molecule has 0 saturated carbocycles. The largest absolute Gasteiger partial charge is 0.472 e. The normalized spacial score (nSPS) is 32.2. The molecule has 0 bridgehead atoms. The average Bonchev–Trinajstić information content (AvgIpc) is 1.63. The number of aromatic nitrogens is 14. The Labute approximate surface area is 584 Å². The quantitative estimate of drug-likeness (QED) is 0.0203. The van der Waals surface area contributed by atoms with Crippen molar-refractivity contribution < 1.29 is 147 Å². The van der Waals surface area contributed by atoms with Gasteiger partial charge in [-0.3, -0.25) is 83.1 Å². The van der Waals surface area contributed by atoms with Crippen molar-refractivity contribution in [2.24, 2.45) is 0 Å². The SMILES string of the molecule is Nc1ccn([C@@H]2O[C@H](COP(=O)(O)O)[C@@H](OP(=O)(O)OC[C@H]3O[C@@H](n4ccc(=O)[nH]c4=O)[C@H](O)[C@@H]3OP(=O)(O)OC[C@H]3O[C@@H](n4ccc(N)nc4=O)[C@H](O)[C@@H]3OP(=O)(O)OC[C@H]3O[C@@H](n4cnc5c(=O)[nH]c(N)nc54)[C@H](O)[C@@H]3OP(=O)(O)OC[C@H]3O[C@@H](n4cnc5c(N)ncnc54)[C@H](O)[C@@H]3O)[C@H]2O)c(=O)n1. The highest BCUT2D eigenvalue weighted by molar-refractivity contribution is 7.48. The molecule has 59 heteroatoms. The van der Waals surface area contributed by atoms with Gasteiger partial charge in [-0.1, -0.05) is 0 Å². The number of H-pyrrole nitrogens is 2. The summed E-state index contributed by atoms with van der Waals surface area (Å²) < 4.78 is 146. The Balaban J connectivity index is 0.762. The summed E-state index contributed by atoms with van der Waals surface area (Å²) in [7, 11) is -28.7.